The van der Waals surface area contributed by atoms with Crippen molar-refractivity contribution in [3.05, 3.63) is 211 Å². The van der Waals surface area contributed by atoms with Gasteiger partial charge in [0.05, 0.1) is 5.69 Å². The van der Waals surface area contributed by atoms with Gasteiger partial charge in [-0.2, -0.15) is 0 Å². The second kappa shape index (κ2) is 12.5. The molecule has 0 saturated heterocycles. The summed E-state index contributed by atoms with van der Waals surface area (Å²) in [5.41, 5.74) is 13.6. The molecule has 0 fully saturated rings. The molecule has 10 aromatic rings. The average molecular weight is 714 g/mol. The van der Waals surface area contributed by atoms with Gasteiger partial charge in [0.25, 0.3) is 0 Å². The van der Waals surface area contributed by atoms with Crippen LogP contribution < -0.4 is 4.90 Å². The lowest BCUT2D eigenvalue weighted by atomic mass is 9.82. The number of benzene rings is 10. The van der Waals surface area contributed by atoms with Crippen LogP contribution in [0.4, 0.5) is 17.1 Å². The van der Waals surface area contributed by atoms with Crippen LogP contribution in [-0.4, -0.2) is 0 Å². The summed E-state index contributed by atoms with van der Waals surface area (Å²) in [4.78, 5) is 2.48. The van der Waals surface area contributed by atoms with Crippen LogP contribution in [0, 0.1) is 0 Å². The van der Waals surface area contributed by atoms with Gasteiger partial charge in [-0.3, -0.25) is 0 Å². The third-order valence-electron chi connectivity index (χ3n) is 12.2. The number of hydrogen-bond donors (Lipinski definition) is 0. The first-order chi connectivity index (χ1) is 27.5. The molecule has 0 bridgehead atoms. The average Bonchev–Trinajstić information content (AvgIpc) is 3.49. The number of nitrogens with zero attached hydrogens (tertiary/aromatic N) is 1. The summed E-state index contributed by atoms with van der Waals surface area (Å²) in [6.07, 6.45) is 0. The molecule has 0 aromatic heterocycles. The lowest BCUT2D eigenvalue weighted by Gasteiger charge is -2.29. The van der Waals surface area contributed by atoms with E-state index >= 15 is 0 Å². The van der Waals surface area contributed by atoms with Gasteiger partial charge in [-0.15, -0.1) is 0 Å². The normalized spacial score (nSPS) is 13.0. The van der Waals surface area contributed by atoms with Gasteiger partial charge >= 0.3 is 0 Å². The highest BCUT2D eigenvalue weighted by molar-refractivity contribution is 6.29. The van der Waals surface area contributed by atoms with Crippen molar-refractivity contribution in [3.63, 3.8) is 0 Å². The van der Waals surface area contributed by atoms with E-state index in [1.807, 2.05) is 0 Å². The lowest BCUT2D eigenvalue weighted by Crippen LogP contribution is -2.15. The van der Waals surface area contributed by atoms with Gasteiger partial charge < -0.3 is 4.90 Å². The molecule has 0 heterocycles. The molecule has 0 N–H and O–H groups in total. The van der Waals surface area contributed by atoms with Crippen molar-refractivity contribution >= 4 is 60.2 Å². The molecular weight excluding hydrogens is 675 g/mol. The van der Waals surface area contributed by atoms with E-state index in [9.17, 15) is 0 Å². The predicted octanol–water partition coefficient (Wildman–Crippen LogP) is 15.4. The van der Waals surface area contributed by atoms with Gasteiger partial charge in [0, 0.05) is 22.2 Å². The number of fused-ring (bicyclic) bond motifs is 10. The fourth-order valence-corrected chi connectivity index (χ4v) is 9.42. The second-order valence-electron chi connectivity index (χ2n) is 15.7. The highest BCUT2D eigenvalue weighted by Gasteiger charge is 2.35. The molecule has 0 spiro atoms. The molecule has 0 atom stereocenters. The summed E-state index contributed by atoms with van der Waals surface area (Å²) in [6.45, 7) is 4.70. The van der Waals surface area contributed by atoms with Crippen LogP contribution in [-0.2, 0) is 5.41 Å². The summed E-state index contributed by atoms with van der Waals surface area (Å²) in [6, 6.07) is 74.0. The zero-order valence-electron chi connectivity index (χ0n) is 31.5. The van der Waals surface area contributed by atoms with Gasteiger partial charge in [0.15, 0.2) is 0 Å². The third kappa shape index (κ3) is 5.01. The van der Waals surface area contributed by atoms with Gasteiger partial charge in [0.1, 0.15) is 0 Å². The lowest BCUT2D eigenvalue weighted by molar-refractivity contribution is 0.660. The van der Waals surface area contributed by atoms with Crippen molar-refractivity contribution in [1.82, 2.24) is 0 Å². The van der Waals surface area contributed by atoms with E-state index < -0.39 is 0 Å². The van der Waals surface area contributed by atoms with Crippen molar-refractivity contribution in [1.29, 1.82) is 0 Å². The zero-order valence-corrected chi connectivity index (χ0v) is 31.5. The molecule has 0 saturated carbocycles. The van der Waals surface area contributed by atoms with Crippen molar-refractivity contribution in [2.75, 3.05) is 4.90 Å². The third-order valence-corrected chi connectivity index (χ3v) is 12.2. The smallest absolute Gasteiger partial charge is 0.0546 e. The molecule has 10 aromatic carbocycles. The van der Waals surface area contributed by atoms with Gasteiger partial charge in [-0.1, -0.05) is 184 Å². The summed E-state index contributed by atoms with van der Waals surface area (Å²) < 4.78 is 0. The molecule has 264 valence electrons. The highest BCUT2D eigenvalue weighted by atomic mass is 15.1. The van der Waals surface area contributed by atoms with Crippen LogP contribution in [0.25, 0.3) is 76.5 Å². The number of rotatable bonds is 5. The van der Waals surface area contributed by atoms with Crippen LogP contribution in [0.3, 0.4) is 0 Å². The maximum Gasteiger partial charge on any atom is 0.0546 e. The van der Waals surface area contributed by atoms with Gasteiger partial charge in [-0.05, 0) is 113 Å². The highest BCUT2D eigenvalue weighted by Crippen LogP contribution is 2.52. The fourth-order valence-electron chi connectivity index (χ4n) is 9.42. The maximum atomic E-state index is 2.48. The van der Waals surface area contributed by atoms with Crippen LogP contribution in [0.15, 0.2) is 200 Å². The molecule has 1 aliphatic carbocycles. The number of anilines is 3. The monoisotopic (exact) mass is 713 g/mol. The first kappa shape index (κ1) is 32.5. The summed E-state index contributed by atoms with van der Waals surface area (Å²) >= 11 is 0. The van der Waals surface area contributed by atoms with Crippen LogP contribution >= 0.6 is 0 Å². The van der Waals surface area contributed by atoms with Gasteiger partial charge in [0.2, 0.25) is 0 Å². The molecule has 11 rings (SSSR count). The van der Waals surface area contributed by atoms with E-state index in [1.165, 1.54) is 87.6 Å². The van der Waals surface area contributed by atoms with E-state index in [1.54, 1.807) is 0 Å². The molecule has 0 unspecified atom stereocenters. The minimum atomic E-state index is -0.0630. The largest absolute Gasteiger partial charge is 0.310 e. The summed E-state index contributed by atoms with van der Waals surface area (Å²) in [7, 11) is 0. The Balaban J connectivity index is 1.12. The van der Waals surface area contributed by atoms with Crippen LogP contribution in [0.2, 0.25) is 0 Å². The first-order valence-corrected chi connectivity index (χ1v) is 19.6. The van der Waals surface area contributed by atoms with Crippen molar-refractivity contribution in [3.8, 4) is 33.4 Å². The topological polar surface area (TPSA) is 3.24 Å². The predicted molar refractivity (Wildman–Crippen MR) is 240 cm³/mol. The van der Waals surface area contributed by atoms with E-state index in [0.717, 1.165) is 17.1 Å². The molecule has 1 heteroatoms. The van der Waals surface area contributed by atoms with E-state index in [2.05, 4.69) is 219 Å². The molecule has 1 aliphatic rings. The molecular formula is C55H39N. The molecule has 0 radical (unpaired) electrons. The Morgan fingerprint density at radius 1 is 0.339 bits per heavy atom. The summed E-state index contributed by atoms with van der Waals surface area (Å²) in [5, 5.41) is 10.1. The van der Waals surface area contributed by atoms with E-state index in [0.29, 0.717) is 0 Å². The van der Waals surface area contributed by atoms with Crippen molar-refractivity contribution in [2.45, 2.75) is 19.3 Å². The second-order valence-corrected chi connectivity index (χ2v) is 15.7. The molecule has 56 heavy (non-hydrogen) atoms. The van der Waals surface area contributed by atoms with Crippen molar-refractivity contribution in [2.24, 2.45) is 0 Å². The fraction of sp³-hybridized carbons (Fsp3) is 0.0545. The Kier molecular flexibility index (Phi) is 7.28. The Morgan fingerprint density at radius 3 is 1.61 bits per heavy atom. The van der Waals surface area contributed by atoms with E-state index in [4.69, 9.17) is 0 Å². The Hall–Kier alpha value is -6.96. The number of hydrogen-bond acceptors (Lipinski definition) is 1. The minimum absolute atomic E-state index is 0.0630. The van der Waals surface area contributed by atoms with Crippen molar-refractivity contribution < 1.29 is 0 Å². The molecule has 1 nitrogen and oxygen atoms in total. The van der Waals surface area contributed by atoms with Gasteiger partial charge in [-0.25, -0.2) is 0 Å². The Labute approximate surface area is 327 Å². The standard InChI is InChI=1S/C55H39N/c1-55(2)50-19-11-10-16-46(50)49-35-44(32-33-51(49)55)56(43-30-28-39(29-31-43)38-22-20-37(21-23-38)36-12-4-3-5-13-36)52-34-42-27-26-41-25-24-40-14-6-7-15-45(40)53(41)54(42)48-18-9-8-17-47(48)52/h3-35H,1-2H3. The molecule has 0 amide bonds. The summed E-state index contributed by atoms with van der Waals surface area (Å²) in [5.74, 6) is 0. The molecule has 0 aliphatic heterocycles. The van der Waals surface area contributed by atoms with Crippen LogP contribution in [0.5, 0.6) is 0 Å². The SMILES string of the molecule is CC1(C)c2ccccc2-c2cc(N(c3ccc(-c4ccc(-c5ccccc5)cc4)cc3)c3cc4ccc5ccc6ccccc6c5c4c4ccccc34)ccc21. The first-order valence-electron chi connectivity index (χ1n) is 19.6. The quantitative estimate of drug-likeness (QED) is 0.161. The Bertz CT molecular complexity index is 3140. The van der Waals surface area contributed by atoms with Crippen LogP contribution in [0.1, 0.15) is 25.0 Å². The Morgan fingerprint density at radius 2 is 0.857 bits per heavy atom. The van der Waals surface area contributed by atoms with E-state index in [-0.39, 0.29) is 5.41 Å². The maximum absolute atomic E-state index is 2.48. The minimum Gasteiger partial charge on any atom is -0.310 e. The zero-order chi connectivity index (χ0) is 37.4.